The molecule has 1 aromatic carbocycles. The summed E-state index contributed by atoms with van der Waals surface area (Å²) in [4.78, 5) is 0. The van der Waals surface area contributed by atoms with Crippen LogP contribution in [-0.2, 0) is 4.74 Å². The number of nitriles is 1. The van der Waals surface area contributed by atoms with Crippen LogP contribution in [0, 0.1) is 11.3 Å². The summed E-state index contributed by atoms with van der Waals surface area (Å²) in [5.74, 6) is 1.78. The Kier molecular flexibility index (Phi) is 2.84. The van der Waals surface area contributed by atoms with Crippen molar-refractivity contribution in [1.82, 2.24) is 0 Å². The molecule has 3 N–H and O–H groups in total. The minimum absolute atomic E-state index is 0.0712. The molecule has 0 saturated carbocycles. The Labute approximate surface area is 123 Å². The number of nitrogens with zero attached hydrogens (tertiary/aromatic N) is 1. The number of benzene rings is 1. The van der Waals surface area contributed by atoms with E-state index in [-0.39, 0.29) is 11.5 Å². The second kappa shape index (κ2) is 4.45. The number of fused-ring (bicyclic) bond motifs is 1. The fourth-order valence-corrected chi connectivity index (χ4v) is 2.61. The van der Waals surface area contributed by atoms with Crippen molar-refractivity contribution in [3.8, 4) is 11.8 Å². The average molecular weight is 283 g/mol. The van der Waals surface area contributed by atoms with Gasteiger partial charge in [-0.05, 0) is 30.5 Å². The van der Waals surface area contributed by atoms with Crippen LogP contribution in [0.15, 0.2) is 41.5 Å². The van der Waals surface area contributed by atoms with E-state index >= 15 is 0 Å². The van der Waals surface area contributed by atoms with Gasteiger partial charge in [0.15, 0.2) is 5.57 Å². The zero-order valence-electron chi connectivity index (χ0n) is 12.2. The second-order valence-electron chi connectivity index (χ2n) is 5.58. The van der Waals surface area contributed by atoms with Crippen LogP contribution >= 0.6 is 0 Å². The van der Waals surface area contributed by atoms with Crippen LogP contribution in [-0.4, -0.2) is 5.72 Å². The lowest BCUT2D eigenvalue weighted by atomic mass is 10.0. The van der Waals surface area contributed by atoms with E-state index in [0.717, 1.165) is 5.69 Å². The number of nitrogens with two attached hydrogens (primary N) is 1. The summed E-state index contributed by atoms with van der Waals surface area (Å²) in [6.45, 7) is 6.03. The number of allylic oxidation sites excluding steroid dienone is 1. The summed E-state index contributed by atoms with van der Waals surface area (Å²) < 4.78 is 11.3. The van der Waals surface area contributed by atoms with Crippen LogP contribution in [0.4, 0.5) is 5.69 Å². The molecule has 5 heteroatoms. The Morgan fingerprint density at radius 1 is 1.38 bits per heavy atom. The highest BCUT2D eigenvalue weighted by atomic mass is 16.5. The van der Waals surface area contributed by atoms with Crippen LogP contribution in [0.5, 0.6) is 5.75 Å². The molecular weight excluding hydrogens is 266 g/mol. The summed E-state index contributed by atoms with van der Waals surface area (Å²) >= 11 is 0. The maximum Gasteiger partial charge on any atom is 0.245 e. The summed E-state index contributed by atoms with van der Waals surface area (Å²) in [5.41, 5.74) is 7.04. The molecule has 0 bridgehead atoms. The predicted molar refractivity (Wildman–Crippen MR) is 79.2 cm³/mol. The third kappa shape index (κ3) is 2.00. The number of hydrogen-bond donors (Lipinski definition) is 2. The van der Waals surface area contributed by atoms with E-state index in [0.29, 0.717) is 17.4 Å². The predicted octanol–water partition coefficient (Wildman–Crippen LogP) is 2.94. The first-order valence-electron chi connectivity index (χ1n) is 6.84. The van der Waals surface area contributed by atoms with Gasteiger partial charge in [0.25, 0.3) is 0 Å². The van der Waals surface area contributed by atoms with Crippen molar-refractivity contribution in [2.24, 2.45) is 5.73 Å². The second-order valence-corrected chi connectivity index (χ2v) is 5.58. The molecule has 2 aliphatic heterocycles. The van der Waals surface area contributed by atoms with Gasteiger partial charge >= 0.3 is 0 Å². The number of ether oxygens (including phenoxy) is 2. The summed E-state index contributed by atoms with van der Waals surface area (Å²) in [6.07, 6.45) is 1.73. The Morgan fingerprint density at radius 3 is 2.81 bits per heavy atom. The SMILES string of the molecule is CC1=C[C@@]2(Nc3cc(C(C)C)ccc3O2)C(C#N)=C(N)O1. The van der Waals surface area contributed by atoms with Crippen LogP contribution in [0.3, 0.4) is 0 Å². The molecule has 0 amide bonds. The molecule has 1 spiro atoms. The standard InChI is InChI=1S/C16H17N3O2/c1-9(2)11-4-5-14-13(6-11)19-16(21-14)7-10(3)20-15(18)12(16)8-17/h4-7,9,19H,18H2,1-3H3/t16-/m0/s1. The lowest BCUT2D eigenvalue weighted by Gasteiger charge is -2.30. The summed E-state index contributed by atoms with van der Waals surface area (Å²) in [6, 6.07) is 8.06. The molecule has 0 saturated heterocycles. The van der Waals surface area contributed by atoms with Gasteiger partial charge in [-0.1, -0.05) is 19.9 Å². The Hall–Kier alpha value is -2.61. The zero-order chi connectivity index (χ0) is 15.2. The first-order valence-corrected chi connectivity index (χ1v) is 6.84. The van der Waals surface area contributed by atoms with Crippen molar-refractivity contribution >= 4 is 5.69 Å². The van der Waals surface area contributed by atoms with E-state index in [9.17, 15) is 5.26 Å². The van der Waals surface area contributed by atoms with Crippen LogP contribution in [0.25, 0.3) is 0 Å². The van der Waals surface area contributed by atoms with E-state index in [1.807, 2.05) is 18.2 Å². The highest BCUT2D eigenvalue weighted by Gasteiger charge is 2.46. The van der Waals surface area contributed by atoms with Gasteiger partial charge in [-0.2, -0.15) is 5.26 Å². The lowest BCUT2D eigenvalue weighted by molar-refractivity contribution is 0.175. The van der Waals surface area contributed by atoms with Gasteiger partial charge in [0.2, 0.25) is 11.6 Å². The van der Waals surface area contributed by atoms with E-state index < -0.39 is 5.72 Å². The maximum atomic E-state index is 9.38. The van der Waals surface area contributed by atoms with Gasteiger partial charge in [-0.25, -0.2) is 0 Å². The minimum Gasteiger partial charge on any atom is -0.457 e. The fraction of sp³-hybridized carbons (Fsp3) is 0.312. The molecule has 21 heavy (non-hydrogen) atoms. The Balaban J connectivity index is 2.06. The molecule has 2 aliphatic rings. The lowest BCUT2D eigenvalue weighted by Crippen LogP contribution is -2.44. The molecule has 0 radical (unpaired) electrons. The number of nitrogens with one attached hydrogen (secondary N) is 1. The maximum absolute atomic E-state index is 9.38. The summed E-state index contributed by atoms with van der Waals surface area (Å²) in [5, 5.41) is 12.6. The van der Waals surface area contributed by atoms with Crippen molar-refractivity contribution in [3.63, 3.8) is 0 Å². The highest BCUT2D eigenvalue weighted by Crippen LogP contribution is 2.44. The average Bonchev–Trinajstić information content (AvgIpc) is 2.74. The third-order valence-electron chi connectivity index (χ3n) is 3.67. The molecular formula is C16H17N3O2. The molecule has 2 heterocycles. The van der Waals surface area contributed by atoms with E-state index in [4.69, 9.17) is 15.2 Å². The topological polar surface area (TPSA) is 80.3 Å². The minimum atomic E-state index is -1.07. The Bertz CT molecular complexity index is 713. The van der Waals surface area contributed by atoms with Crippen molar-refractivity contribution in [3.05, 3.63) is 47.1 Å². The van der Waals surface area contributed by atoms with E-state index in [1.54, 1.807) is 13.0 Å². The molecule has 1 atom stereocenters. The molecule has 0 aliphatic carbocycles. The zero-order valence-corrected chi connectivity index (χ0v) is 12.2. The first-order chi connectivity index (χ1) is 9.95. The van der Waals surface area contributed by atoms with Crippen molar-refractivity contribution in [1.29, 1.82) is 5.26 Å². The molecule has 3 rings (SSSR count). The van der Waals surface area contributed by atoms with Crippen LogP contribution in [0.1, 0.15) is 32.3 Å². The van der Waals surface area contributed by atoms with Gasteiger partial charge in [-0.3, -0.25) is 0 Å². The molecule has 1 aromatic rings. The normalized spacial score (nSPS) is 23.1. The quantitative estimate of drug-likeness (QED) is 0.828. The van der Waals surface area contributed by atoms with Crippen molar-refractivity contribution in [2.75, 3.05) is 5.32 Å². The Morgan fingerprint density at radius 2 is 2.14 bits per heavy atom. The number of hydrogen-bond acceptors (Lipinski definition) is 5. The first kappa shape index (κ1) is 13.4. The van der Waals surface area contributed by atoms with E-state index in [2.05, 4.69) is 25.2 Å². The molecule has 0 fully saturated rings. The summed E-state index contributed by atoms with van der Waals surface area (Å²) in [7, 11) is 0. The molecule has 108 valence electrons. The largest absolute Gasteiger partial charge is 0.457 e. The van der Waals surface area contributed by atoms with Gasteiger partial charge < -0.3 is 20.5 Å². The fourth-order valence-electron chi connectivity index (χ4n) is 2.61. The number of rotatable bonds is 1. The van der Waals surface area contributed by atoms with Gasteiger partial charge in [-0.15, -0.1) is 0 Å². The molecule has 0 aromatic heterocycles. The van der Waals surface area contributed by atoms with Gasteiger partial charge in [0.1, 0.15) is 17.6 Å². The monoisotopic (exact) mass is 283 g/mol. The smallest absolute Gasteiger partial charge is 0.245 e. The highest BCUT2D eigenvalue weighted by molar-refractivity contribution is 5.68. The van der Waals surface area contributed by atoms with Crippen molar-refractivity contribution in [2.45, 2.75) is 32.4 Å². The van der Waals surface area contributed by atoms with Gasteiger partial charge in [0.05, 0.1) is 5.69 Å². The molecule has 0 unspecified atom stereocenters. The van der Waals surface area contributed by atoms with Crippen LogP contribution in [0.2, 0.25) is 0 Å². The van der Waals surface area contributed by atoms with Crippen LogP contribution < -0.4 is 15.8 Å². The number of anilines is 1. The van der Waals surface area contributed by atoms with Crippen molar-refractivity contribution < 1.29 is 9.47 Å². The van der Waals surface area contributed by atoms with E-state index in [1.165, 1.54) is 5.56 Å². The third-order valence-corrected chi connectivity index (χ3v) is 3.67. The van der Waals surface area contributed by atoms with Gasteiger partial charge in [0, 0.05) is 6.08 Å². The molecule has 5 nitrogen and oxygen atoms in total.